The Morgan fingerprint density at radius 2 is 1.52 bits per heavy atom. The molecule has 0 unspecified atom stereocenters. The molecule has 0 radical (unpaired) electrons. The Labute approximate surface area is 236 Å². The fourth-order valence-electron chi connectivity index (χ4n) is 4.95. The molecule has 1 aromatic heterocycles. The van der Waals surface area contributed by atoms with Gasteiger partial charge in [-0.25, -0.2) is 4.98 Å². The zero-order valence-electron chi connectivity index (χ0n) is 24.5. The highest BCUT2D eigenvalue weighted by atomic mass is 16.7. The zero-order chi connectivity index (χ0) is 28.7. The number of methoxy groups -OCH3 is 3. The van der Waals surface area contributed by atoms with Crippen molar-refractivity contribution < 1.29 is 23.5 Å². The number of rotatable bonds is 8. The van der Waals surface area contributed by atoms with Crippen molar-refractivity contribution in [2.24, 2.45) is 0 Å². The Hall–Kier alpha value is -3.75. The minimum absolute atomic E-state index is 0.412. The summed E-state index contributed by atoms with van der Waals surface area (Å²) in [4.78, 5) is 4.80. The summed E-state index contributed by atoms with van der Waals surface area (Å²) < 4.78 is 29.3. The molecule has 8 heteroatoms. The molecular formula is C32H37BN2O5. The maximum atomic E-state index is 6.31. The van der Waals surface area contributed by atoms with Crippen LogP contribution in [-0.2, 0) is 15.9 Å². The van der Waals surface area contributed by atoms with Gasteiger partial charge in [0.05, 0.1) is 32.5 Å². The number of aromatic nitrogens is 1. The normalized spacial score (nSPS) is 15.8. The molecule has 208 valence electrons. The third-order valence-electron chi connectivity index (χ3n) is 7.96. The van der Waals surface area contributed by atoms with E-state index in [1.165, 1.54) is 0 Å². The van der Waals surface area contributed by atoms with Gasteiger partial charge in [0.15, 0.2) is 0 Å². The Morgan fingerprint density at radius 1 is 0.800 bits per heavy atom. The van der Waals surface area contributed by atoms with Gasteiger partial charge < -0.3 is 28.8 Å². The van der Waals surface area contributed by atoms with Crippen LogP contribution in [0, 0.1) is 6.92 Å². The summed E-state index contributed by atoms with van der Waals surface area (Å²) in [5.74, 6) is 3.12. The first-order chi connectivity index (χ1) is 19.0. The van der Waals surface area contributed by atoms with Crippen LogP contribution in [0.5, 0.6) is 17.2 Å². The van der Waals surface area contributed by atoms with Crippen molar-refractivity contribution in [3.05, 3.63) is 71.9 Å². The van der Waals surface area contributed by atoms with Crippen LogP contribution in [0.15, 0.2) is 60.7 Å². The summed E-state index contributed by atoms with van der Waals surface area (Å²) in [6.45, 7) is 10.8. The third kappa shape index (κ3) is 5.21. The number of nitrogens with zero attached hydrogens (tertiary/aromatic N) is 1. The monoisotopic (exact) mass is 540 g/mol. The lowest BCUT2D eigenvalue weighted by atomic mass is 9.77. The van der Waals surface area contributed by atoms with Crippen LogP contribution < -0.4 is 25.0 Å². The first-order valence-corrected chi connectivity index (χ1v) is 13.5. The number of hydrogen-bond donors (Lipinski definition) is 1. The van der Waals surface area contributed by atoms with E-state index in [0.29, 0.717) is 6.54 Å². The predicted molar refractivity (Wildman–Crippen MR) is 161 cm³/mol. The lowest BCUT2D eigenvalue weighted by Crippen LogP contribution is -2.41. The second-order valence-electron chi connectivity index (χ2n) is 11.1. The Morgan fingerprint density at radius 3 is 2.20 bits per heavy atom. The molecule has 0 saturated carbocycles. The summed E-state index contributed by atoms with van der Waals surface area (Å²) in [5, 5.41) is 5.62. The van der Waals surface area contributed by atoms with E-state index in [4.69, 9.17) is 28.5 Å². The molecule has 4 aromatic rings. The number of hydrogen-bond acceptors (Lipinski definition) is 7. The molecule has 1 aliphatic rings. The van der Waals surface area contributed by atoms with Crippen LogP contribution in [0.1, 0.15) is 39.0 Å². The molecule has 5 rings (SSSR count). The molecule has 0 spiro atoms. The van der Waals surface area contributed by atoms with Gasteiger partial charge in [-0.05, 0) is 81.4 Å². The number of ether oxygens (including phenoxy) is 3. The van der Waals surface area contributed by atoms with Crippen molar-refractivity contribution >= 4 is 29.2 Å². The minimum Gasteiger partial charge on any atom is -0.497 e. The van der Waals surface area contributed by atoms with Crippen molar-refractivity contribution in [3.8, 4) is 28.4 Å². The molecule has 1 fully saturated rings. The van der Waals surface area contributed by atoms with E-state index in [1.807, 2.05) is 37.3 Å². The maximum Gasteiger partial charge on any atom is 0.494 e. The van der Waals surface area contributed by atoms with Crippen LogP contribution in [0.2, 0.25) is 0 Å². The average molecular weight is 540 g/mol. The number of anilines is 1. The second-order valence-corrected chi connectivity index (χ2v) is 11.1. The van der Waals surface area contributed by atoms with Crippen molar-refractivity contribution in [1.82, 2.24) is 4.98 Å². The van der Waals surface area contributed by atoms with Crippen LogP contribution in [0.4, 0.5) is 5.82 Å². The first-order valence-electron chi connectivity index (χ1n) is 13.5. The quantitative estimate of drug-likeness (QED) is 0.269. The van der Waals surface area contributed by atoms with Crippen molar-refractivity contribution in [2.45, 2.75) is 52.4 Å². The van der Waals surface area contributed by atoms with Gasteiger partial charge in [-0.15, -0.1) is 0 Å². The van der Waals surface area contributed by atoms with E-state index in [1.54, 1.807) is 21.3 Å². The van der Waals surface area contributed by atoms with E-state index < -0.39 is 18.3 Å². The van der Waals surface area contributed by atoms with E-state index >= 15 is 0 Å². The lowest BCUT2D eigenvalue weighted by molar-refractivity contribution is 0.00578. The van der Waals surface area contributed by atoms with E-state index in [2.05, 4.69) is 63.3 Å². The molecule has 2 heterocycles. The molecule has 1 saturated heterocycles. The molecular weight excluding hydrogens is 503 g/mol. The Balaban J connectivity index is 1.48. The standard InChI is InChI=1S/C32H37BN2O5/c1-20-15-23-16-21(27-17-24(11-14-28(27)37-7)33-39-31(2,3)32(4,5)40-33)10-13-26(23)30(35-20)34-19-22-9-12-25(36-6)18-29(22)38-8/h9-18H,19H2,1-8H3,(H,34,35). The SMILES string of the molecule is COc1ccc(CNc2nc(C)cc3cc(-c4cc(B5OC(C)(C)C(C)(C)O5)ccc4OC)ccc23)c(OC)c1. The number of aryl methyl sites for hydroxylation is 1. The fourth-order valence-corrected chi connectivity index (χ4v) is 4.95. The van der Waals surface area contributed by atoms with Crippen molar-refractivity contribution in [1.29, 1.82) is 0 Å². The van der Waals surface area contributed by atoms with Gasteiger partial charge in [-0.2, -0.15) is 0 Å². The van der Waals surface area contributed by atoms with E-state index in [0.717, 1.165) is 61.7 Å². The minimum atomic E-state index is -0.452. The smallest absolute Gasteiger partial charge is 0.494 e. The van der Waals surface area contributed by atoms with Crippen LogP contribution in [0.3, 0.4) is 0 Å². The van der Waals surface area contributed by atoms with E-state index in [-0.39, 0.29) is 0 Å². The van der Waals surface area contributed by atoms with Crippen LogP contribution in [-0.4, -0.2) is 44.6 Å². The van der Waals surface area contributed by atoms with Crippen molar-refractivity contribution in [3.63, 3.8) is 0 Å². The molecule has 3 aromatic carbocycles. The molecule has 0 bridgehead atoms. The van der Waals surface area contributed by atoms with Gasteiger partial charge in [-0.1, -0.05) is 24.3 Å². The molecule has 40 heavy (non-hydrogen) atoms. The maximum absolute atomic E-state index is 6.31. The average Bonchev–Trinajstić information content (AvgIpc) is 3.16. The molecule has 0 amide bonds. The number of fused-ring (bicyclic) bond motifs is 1. The van der Waals surface area contributed by atoms with Gasteiger partial charge in [0.1, 0.15) is 23.1 Å². The highest BCUT2D eigenvalue weighted by Gasteiger charge is 2.51. The summed E-state index contributed by atoms with van der Waals surface area (Å²) in [7, 11) is 4.55. The summed E-state index contributed by atoms with van der Waals surface area (Å²) in [6, 6.07) is 20.4. The van der Waals surface area contributed by atoms with Gasteiger partial charge >= 0.3 is 7.12 Å². The van der Waals surface area contributed by atoms with Crippen molar-refractivity contribution in [2.75, 3.05) is 26.6 Å². The molecule has 0 aliphatic carbocycles. The summed E-state index contributed by atoms with van der Waals surface area (Å²) in [6.07, 6.45) is 0. The van der Waals surface area contributed by atoms with Crippen LogP contribution >= 0.6 is 0 Å². The van der Waals surface area contributed by atoms with Crippen LogP contribution in [0.25, 0.3) is 21.9 Å². The van der Waals surface area contributed by atoms with Gasteiger partial charge in [0.25, 0.3) is 0 Å². The van der Waals surface area contributed by atoms with E-state index in [9.17, 15) is 0 Å². The topological polar surface area (TPSA) is 71.1 Å². The zero-order valence-corrected chi connectivity index (χ0v) is 24.5. The number of pyridine rings is 1. The number of benzene rings is 3. The number of nitrogens with one attached hydrogen (secondary N) is 1. The lowest BCUT2D eigenvalue weighted by Gasteiger charge is -2.32. The largest absolute Gasteiger partial charge is 0.497 e. The third-order valence-corrected chi connectivity index (χ3v) is 7.96. The molecule has 1 N–H and O–H groups in total. The molecule has 0 atom stereocenters. The predicted octanol–water partition coefficient (Wildman–Crippen LogP) is 6.15. The van der Waals surface area contributed by atoms with Gasteiger partial charge in [0, 0.05) is 34.8 Å². The van der Waals surface area contributed by atoms with Gasteiger partial charge in [-0.3, -0.25) is 0 Å². The summed E-state index contributed by atoms with van der Waals surface area (Å²) in [5.41, 5.74) is 4.08. The second kappa shape index (κ2) is 10.7. The highest BCUT2D eigenvalue weighted by molar-refractivity contribution is 6.62. The Kier molecular flexibility index (Phi) is 7.42. The molecule has 1 aliphatic heterocycles. The highest BCUT2D eigenvalue weighted by Crippen LogP contribution is 2.38. The molecule has 7 nitrogen and oxygen atoms in total. The van der Waals surface area contributed by atoms with Gasteiger partial charge in [0.2, 0.25) is 0 Å². The first kappa shape index (κ1) is 27.8. The Bertz CT molecular complexity index is 1540. The fraction of sp³-hybridized carbons (Fsp3) is 0.344. The summed E-state index contributed by atoms with van der Waals surface area (Å²) >= 11 is 0.